The summed E-state index contributed by atoms with van der Waals surface area (Å²) in [5.41, 5.74) is 0.873. The van der Waals surface area contributed by atoms with E-state index in [1.807, 2.05) is 30.3 Å². The standard InChI is InChI=1S/C15H22N2O2/c1-16(2)13-8-10-17(11-9-13)14(15(18)19)12-6-4-3-5-7-12/h3-7,13-14H,8-11H2,1-2H3,(H,18,19). The summed E-state index contributed by atoms with van der Waals surface area (Å²) in [6, 6.07) is 9.58. The van der Waals surface area contributed by atoms with E-state index in [1.165, 1.54) is 0 Å². The number of hydrogen-bond donors (Lipinski definition) is 1. The van der Waals surface area contributed by atoms with Gasteiger partial charge in [-0.2, -0.15) is 0 Å². The first-order chi connectivity index (χ1) is 9.09. The highest BCUT2D eigenvalue weighted by Crippen LogP contribution is 2.25. The zero-order valence-electron chi connectivity index (χ0n) is 11.6. The van der Waals surface area contributed by atoms with Crippen LogP contribution in [-0.4, -0.2) is 54.1 Å². The van der Waals surface area contributed by atoms with Gasteiger partial charge in [-0.15, -0.1) is 0 Å². The zero-order valence-corrected chi connectivity index (χ0v) is 11.6. The van der Waals surface area contributed by atoms with Crippen LogP contribution in [0.5, 0.6) is 0 Å². The molecule has 0 spiro atoms. The molecule has 1 aromatic rings. The predicted molar refractivity (Wildman–Crippen MR) is 75.1 cm³/mol. The highest BCUT2D eigenvalue weighted by Gasteiger charge is 2.31. The van der Waals surface area contributed by atoms with Gasteiger partial charge in [-0.05, 0) is 32.5 Å². The van der Waals surface area contributed by atoms with Crippen LogP contribution in [0.1, 0.15) is 24.4 Å². The smallest absolute Gasteiger partial charge is 0.325 e. The topological polar surface area (TPSA) is 43.8 Å². The van der Waals surface area contributed by atoms with Gasteiger partial charge < -0.3 is 10.0 Å². The van der Waals surface area contributed by atoms with E-state index >= 15 is 0 Å². The van der Waals surface area contributed by atoms with E-state index in [0.717, 1.165) is 31.5 Å². The van der Waals surface area contributed by atoms with E-state index in [0.29, 0.717) is 6.04 Å². The number of aliphatic carboxylic acids is 1. The molecule has 1 aliphatic rings. The minimum absolute atomic E-state index is 0.510. The normalized spacial score (nSPS) is 19.5. The number of carboxylic acid groups (broad SMARTS) is 1. The Labute approximate surface area is 114 Å². The Hall–Kier alpha value is -1.39. The lowest BCUT2D eigenvalue weighted by molar-refractivity contribution is -0.144. The molecule has 104 valence electrons. The maximum Gasteiger partial charge on any atom is 0.325 e. The molecule has 19 heavy (non-hydrogen) atoms. The minimum atomic E-state index is -0.755. The summed E-state index contributed by atoms with van der Waals surface area (Å²) in [7, 11) is 4.18. The number of piperidine rings is 1. The maximum atomic E-state index is 11.6. The fraction of sp³-hybridized carbons (Fsp3) is 0.533. The minimum Gasteiger partial charge on any atom is -0.480 e. The summed E-state index contributed by atoms with van der Waals surface area (Å²) in [6.45, 7) is 1.68. The lowest BCUT2D eigenvalue weighted by atomic mass is 9.99. The second kappa shape index (κ2) is 6.17. The van der Waals surface area contributed by atoms with Crippen LogP contribution in [0, 0.1) is 0 Å². The third-order valence-electron chi connectivity index (χ3n) is 3.94. The van der Waals surface area contributed by atoms with Crippen LogP contribution in [0.25, 0.3) is 0 Å². The molecule has 1 unspecified atom stereocenters. The van der Waals surface area contributed by atoms with Crippen molar-refractivity contribution in [2.24, 2.45) is 0 Å². The van der Waals surface area contributed by atoms with Crippen LogP contribution >= 0.6 is 0 Å². The number of carbonyl (C=O) groups is 1. The zero-order chi connectivity index (χ0) is 13.8. The van der Waals surface area contributed by atoms with Gasteiger partial charge in [-0.25, -0.2) is 0 Å². The molecule has 0 aliphatic carbocycles. The Balaban J connectivity index is 2.08. The summed E-state index contributed by atoms with van der Waals surface area (Å²) in [4.78, 5) is 15.9. The van der Waals surface area contributed by atoms with Crippen molar-refractivity contribution >= 4 is 5.97 Å². The van der Waals surface area contributed by atoms with Crippen molar-refractivity contribution in [2.45, 2.75) is 24.9 Å². The van der Waals surface area contributed by atoms with Gasteiger partial charge >= 0.3 is 5.97 Å². The Morgan fingerprint density at radius 2 is 1.84 bits per heavy atom. The average molecular weight is 262 g/mol. The molecule has 0 amide bonds. The third kappa shape index (κ3) is 3.33. The lowest BCUT2D eigenvalue weighted by Gasteiger charge is -2.38. The van der Waals surface area contributed by atoms with E-state index in [9.17, 15) is 9.90 Å². The van der Waals surface area contributed by atoms with E-state index in [-0.39, 0.29) is 0 Å². The second-order valence-electron chi connectivity index (χ2n) is 5.38. The fourth-order valence-electron chi connectivity index (χ4n) is 2.81. The van der Waals surface area contributed by atoms with Crippen molar-refractivity contribution in [1.29, 1.82) is 0 Å². The van der Waals surface area contributed by atoms with Crippen LogP contribution in [0.4, 0.5) is 0 Å². The number of carboxylic acids is 1. The first-order valence-corrected chi connectivity index (χ1v) is 6.78. The molecule has 0 radical (unpaired) electrons. The Bertz CT molecular complexity index is 411. The monoisotopic (exact) mass is 262 g/mol. The average Bonchev–Trinajstić information content (AvgIpc) is 2.40. The van der Waals surface area contributed by atoms with E-state index in [2.05, 4.69) is 23.9 Å². The van der Waals surface area contributed by atoms with Gasteiger partial charge in [0.15, 0.2) is 0 Å². The van der Waals surface area contributed by atoms with Gasteiger partial charge in [0.2, 0.25) is 0 Å². The molecular weight excluding hydrogens is 240 g/mol. The number of rotatable bonds is 4. The van der Waals surface area contributed by atoms with Gasteiger partial charge in [0, 0.05) is 19.1 Å². The van der Waals surface area contributed by atoms with E-state index < -0.39 is 12.0 Å². The van der Waals surface area contributed by atoms with Gasteiger partial charge in [0.25, 0.3) is 0 Å². The Morgan fingerprint density at radius 3 is 2.32 bits per heavy atom. The molecule has 2 rings (SSSR count). The summed E-state index contributed by atoms with van der Waals surface area (Å²) in [5, 5.41) is 9.50. The van der Waals surface area contributed by atoms with Crippen molar-refractivity contribution in [2.75, 3.05) is 27.2 Å². The number of hydrogen-bond acceptors (Lipinski definition) is 3. The largest absolute Gasteiger partial charge is 0.480 e. The molecule has 1 fully saturated rings. The first kappa shape index (κ1) is 14.0. The number of benzene rings is 1. The molecular formula is C15H22N2O2. The first-order valence-electron chi connectivity index (χ1n) is 6.78. The Kier molecular flexibility index (Phi) is 4.56. The summed E-state index contributed by atoms with van der Waals surface area (Å²) in [5.74, 6) is -0.755. The summed E-state index contributed by atoms with van der Waals surface area (Å²) < 4.78 is 0. The van der Waals surface area contributed by atoms with E-state index in [1.54, 1.807) is 0 Å². The molecule has 1 aromatic carbocycles. The van der Waals surface area contributed by atoms with Crippen molar-refractivity contribution in [3.63, 3.8) is 0 Å². The molecule has 0 aromatic heterocycles. The molecule has 1 heterocycles. The molecule has 1 saturated heterocycles. The maximum absolute atomic E-state index is 11.6. The lowest BCUT2D eigenvalue weighted by Crippen LogP contribution is -2.45. The molecule has 1 atom stereocenters. The van der Waals surface area contributed by atoms with E-state index in [4.69, 9.17) is 0 Å². The second-order valence-corrected chi connectivity index (χ2v) is 5.38. The Morgan fingerprint density at radius 1 is 1.26 bits per heavy atom. The SMILES string of the molecule is CN(C)C1CCN(C(C(=O)O)c2ccccc2)CC1. The highest BCUT2D eigenvalue weighted by atomic mass is 16.4. The number of nitrogens with zero attached hydrogens (tertiary/aromatic N) is 2. The van der Waals surface area contributed by atoms with Crippen LogP contribution in [-0.2, 0) is 4.79 Å². The van der Waals surface area contributed by atoms with Gasteiger partial charge in [0.05, 0.1) is 0 Å². The summed E-state index contributed by atoms with van der Waals surface area (Å²) >= 11 is 0. The van der Waals surface area contributed by atoms with Crippen molar-refractivity contribution < 1.29 is 9.90 Å². The van der Waals surface area contributed by atoms with Crippen LogP contribution < -0.4 is 0 Å². The summed E-state index contributed by atoms with van der Waals surface area (Å²) in [6.07, 6.45) is 2.06. The van der Waals surface area contributed by atoms with Gasteiger partial charge in [0.1, 0.15) is 6.04 Å². The molecule has 1 N–H and O–H groups in total. The van der Waals surface area contributed by atoms with Crippen LogP contribution in [0.3, 0.4) is 0 Å². The third-order valence-corrected chi connectivity index (χ3v) is 3.94. The number of likely N-dealkylation sites (tertiary alicyclic amines) is 1. The van der Waals surface area contributed by atoms with Crippen molar-refractivity contribution in [3.8, 4) is 0 Å². The van der Waals surface area contributed by atoms with Gasteiger partial charge in [-0.3, -0.25) is 9.69 Å². The van der Waals surface area contributed by atoms with Crippen LogP contribution in [0.15, 0.2) is 30.3 Å². The van der Waals surface area contributed by atoms with Gasteiger partial charge in [-0.1, -0.05) is 30.3 Å². The molecule has 1 aliphatic heterocycles. The molecule has 0 saturated carbocycles. The highest BCUT2D eigenvalue weighted by molar-refractivity contribution is 5.75. The molecule has 4 nitrogen and oxygen atoms in total. The van der Waals surface area contributed by atoms with Crippen molar-refractivity contribution in [1.82, 2.24) is 9.80 Å². The fourth-order valence-corrected chi connectivity index (χ4v) is 2.81. The molecule has 4 heteroatoms. The van der Waals surface area contributed by atoms with Crippen molar-refractivity contribution in [3.05, 3.63) is 35.9 Å². The molecule has 0 bridgehead atoms. The predicted octanol–water partition coefficient (Wildman–Crippen LogP) is 1.84. The quantitative estimate of drug-likeness (QED) is 0.899. The van der Waals surface area contributed by atoms with Crippen LogP contribution in [0.2, 0.25) is 0 Å².